The zero-order valence-corrected chi connectivity index (χ0v) is 13.9. The number of carbonyl (C=O) groups excluding carboxylic acids is 1. The molecule has 3 aromatic rings. The Hall–Kier alpha value is -3.94. The monoisotopic (exact) mass is 367 g/mol. The number of allylic oxidation sites excluding steroid dienone is 1. The van der Waals surface area contributed by atoms with Crippen molar-refractivity contribution in [1.29, 1.82) is 0 Å². The Morgan fingerprint density at radius 2 is 2.00 bits per heavy atom. The van der Waals surface area contributed by atoms with Crippen LogP contribution in [-0.4, -0.2) is 39.2 Å². The first kappa shape index (κ1) is 16.5. The fraction of sp³-hybridized carbons (Fsp3) is 0.0526. The summed E-state index contributed by atoms with van der Waals surface area (Å²) in [4.78, 5) is 27.0. The van der Waals surface area contributed by atoms with Crippen molar-refractivity contribution < 1.29 is 34.4 Å². The lowest BCUT2D eigenvalue weighted by atomic mass is 10.1. The van der Waals surface area contributed by atoms with Crippen LogP contribution in [0.1, 0.15) is 26.4 Å². The largest absolute Gasteiger partial charge is 0.508 e. The lowest BCUT2D eigenvalue weighted by Crippen LogP contribution is -2.02. The van der Waals surface area contributed by atoms with Gasteiger partial charge in [0.25, 0.3) is 0 Å². The van der Waals surface area contributed by atoms with E-state index in [0.717, 1.165) is 6.07 Å². The van der Waals surface area contributed by atoms with Crippen LogP contribution in [0.4, 0.5) is 0 Å². The number of fused-ring (bicyclic) bond motifs is 2. The Kier molecular flexibility index (Phi) is 3.55. The van der Waals surface area contributed by atoms with Gasteiger partial charge in [0.15, 0.2) is 5.76 Å². The minimum absolute atomic E-state index is 0.00181. The number of hydrogen-bond donors (Lipinski definition) is 4. The van der Waals surface area contributed by atoms with Gasteiger partial charge in [0, 0.05) is 28.6 Å². The van der Waals surface area contributed by atoms with Crippen molar-refractivity contribution in [2.75, 3.05) is 7.11 Å². The minimum atomic E-state index is -1.21. The number of phenolic OH excluding ortho intramolecular Hbond substituents is 2. The third kappa shape index (κ3) is 2.54. The second kappa shape index (κ2) is 5.80. The second-order valence-electron chi connectivity index (χ2n) is 5.91. The van der Waals surface area contributed by atoms with Crippen LogP contribution in [-0.2, 0) is 0 Å². The molecule has 1 aromatic heterocycles. The number of rotatable bonds is 3. The molecule has 2 heterocycles. The molecule has 27 heavy (non-hydrogen) atoms. The normalized spacial score (nSPS) is 14.4. The van der Waals surface area contributed by atoms with Crippen LogP contribution in [0, 0.1) is 0 Å². The summed E-state index contributed by atoms with van der Waals surface area (Å²) in [5.74, 6) is -2.16. The number of hydrogen-bond acceptors (Lipinski definition) is 6. The maximum atomic E-state index is 12.6. The topological polar surface area (TPSA) is 129 Å². The zero-order chi connectivity index (χ0) is 19.3. The lowest BCUT2D eigenvalue weighted by molar-refractivity contribution is 0.0691. The van der Waals surface area contributed by atoms with Crippen molar-refractivity contribution in [3.8, 4) is 23.0 Å². The molecule has 0 aliphatic carbocycles. The number of aromatic amines is 1. The van der Waals surface area contributed by atoms with Gasteiger partial charge >= 0.3 is 5.97 Å². The highest BCUT2D eigenvalue weighted by atomic mass is 16.5. The van der Waals surface area contributed by atoms with Gasteiger partial charge in [-0.25, -0.2) is 4.79 Å². The van der Waals surface area contributed by atoms with E-state index in [4.69, 9.17) is 9.47 Å². The predicted octanol–water partition coefficient (Wildman–Crippen LogP) is 2.90. The molecule has 0 amide bonds. The van der Waals surface area contributed by atoms with E-state index < -0.39 is 17.5 Å². The number of phenols is 2. The number of aromatic hydroxyl groups is 2. The number of aromatic nitrogens is 1. The van der Waals surface area contributed by atoms with Gasteiger partial charge in [0.05, 0.1) is 7.11 Å². The molecule has 0 bridgehead atoms. The number of carbonyl (C=O) groups is 2. The summed E-state index contributed by atoms with van der Waals surface area (Å²) in [6, 6.07) is 7.21. The van der Waals surface area contributed by atoms with Crippen molar-refractivity contribution in [2.24, 2.45) is 0 Å². The van der Waals surface area contributed by atoms with Crippen LogP contribution >= 0.6 is 0 Å². The Labute approximate surface area is 151 Å². The molecule has 0 saturated heterocycles. The molecule has 136 valence electrons. The van der Waals surface area contributed by atoms with Crippen molar-refractivity contribution in [3.63, 3.8) is 0 Å². The summed E-state index contributed by atoms with van der Waals surface area (Å²) < 4.78 is 10.6. The van der Waals surface area contributed by atoms with Gasteiger partial charge in [0.1, 0.15) is 34.3 Å². The first-order valence-corrected chi connectivity index (χ1v) is 7.82. The van der Waals surface area contributed by atoms with E-state index >= 15 is 0 Å². The van der Waals surface area contributed by atoms with Gasteiger partial charge in [-0.2, -0.15) is 0 Å². The molecule has 0 radical (unpaired) electrons. The van der Waals surface area contributed by atoms with Crippen LogP contribution in [0.5, 0.6) is 23.0 Å². The number of ether oxygens (including phenoxy) is 2. The quantitative estimate of drug-likeness (QED) is 0.524. The molecule has 0 fully saturated rings. The van der Waals surface area contributed by atoms with Crippen molar-refractivity contribution in [2.45, 2.75) is 0 Å². The van der Waals surface area contributed by atoms with Crippen LogP contribution < -0.4 is 9.47 Å². The summed E-state index contributed by atoms with van der Waals surface area (Å²) in [7, 11) is 1.49. The summed E-state index contributed by atoms with van der Waals surface area (Å²) in [6.07, 6.45) is 1.29. The number of Topliss-reactive ketones (excluding diaryl/α,β-unsaturated/α-hetero) is 1. The molecule has 0 unspecified atom stereocenters. The van der Waals surface area contributed by atoms with Gasteiger partial charge in [-0.1, -0.05) is 0 Å². The number of aromatic carboxylic acids is 1. The average Bonchev–Trinajstić information content (AvgIpc) is 3.13. The van der Waals surface area contributed by atoms with Crippen LogP contribution in [0.25, 0.3) is 17.0 Å². The van der Waals surface area contributed by atoms with E-state index in [1.807, 2.05) is 0 Å². The highest BCUT2D eigenvalue weighted by Gasteiger charge is 2.32. The van der Waals surface area contributed by atoms with Crippen LogP contribution in [0.15, 0.2) is 36.1 Å². The highest BCUT2D eigenvalue weighted by Crippen LogP contribution is 2.41. The zero-order valence-electron chi connectivity index (χ0n) is 13.9. The van der Waals surface area contributed by atoms with Crippen molar-refractivity contribution in [3.05, 3.63) is 52.9 Å². The fourth-order valence-electron chi connectivity index (χ4n) is 3.05. The van der Waals surface area contributed by atoms with E-state index in [2.05, 4.69) is 4.98 Å². The Morgan fingerprint density at radius 3 is 2.70 bits per heavy atom. The maximum absolute atomic E-state index is 12.6. The fourth-order valence-corrected chi connectivity index (χ4v) is 3.05. The van der Waals surface area contributed by atoms with Gasteiger partial charge < -0.3 is 29.8 Å². The number of nitrogens with one attached hydrogen (secondary N) is 1. The van der Waals surface area contributed by atoms with Crippen molar-refractivity contribution >= 4 is 28.7 Å². The molecule has 8 nitrogen and oxygen atoms in total. The summed E-state index contributed by atoms with van der Waals surface area (Å²) in [5.41, 5.74) is 0.568. The number of carboxylic acids is 1. The lowest BCUT2D eigenvalue weighted by Gasteiger charge is -2.01. The molecule has 1 aliphatic rings. The molecule has 0 saturated carbocycles. The molecule has 8 heteroatoms. The maximum Gasteiger partial charge on any atom is 0.352 e. The molecule has 2 aromatic carbocycles. The third-order valence-corrected chi connectivity index (χ3v) is 4.27. The minimum Gasteiger partial charge on any atom is -0.508 e. The van der Waals surface area contributed by atoms with E-state index in [0.29, 0.717) is 16.7 Å². The third-order valence-electron chi connectivity index (χ3n) is 4.27. The van der Waals surface area contributed by atoms with Gasteiger partial charge in [-0.3, -0.25) is 4.79 Å². The summed E-state index contributed by atoms with van der Waals surface area (Å²) >= 11 is 0. The SMILES string of the molecule is COc1ccc2[nH]c(C(=O)O)c(/C=C3\Oc4cc(O)cc(O)c4C3=O)c2c1. The van der Waals surface area contributed by atoms with E-state index in [-0.39, 0.29) is 34.1 Å². The Bertz CT molecular complexity index is 1160. The van der Waals surface area contributed by atoms with Gasteiger partial charge in [0.2, 0.25) is 5.78 Å². The molecule has 1 aliphatic heterocycles. The second-order valence-corrected chi connectivity index (χ2v) is 5.91. The summed E-state index contributed by atoms with van der Waals surface area (Å²) in [6.45, 7) is 0. The smallest absolute Gasteiger partial charge is 0.352 e. The van der Waals surface area contributed by atoms with Gasteiger partial charge in [-0.15, -0.1) is 0 Å². The molecule has 4 rings (SSSR count). The first-order valence-electron chi connectivity index (χ1n) is 7.82. The standard InChI is InChI=1S/C19H13NO7/c1-26-9-2-3-12-10(6-9)11(17(20-12)19(24)25)7-15-18(23)16-13(22)4-8(21)5-14(16)27-15/h2-7,20-22H,1H3,(H,24,25)/b15-7-. The number of benzene rings is 2. The average molecular weight is 367 g/mol. The molecular weight excluding hydrogens is 354 g/mol. The van der Waals surface area contributed by atoms with Crippen molar-refractivity contribution in [1.82, 2.24) is 4.98 Å². The number of methoxy groups -OCH3 is 1. The summed E-state index contributed by atoms with van der Waals surface area (Å²) in [5, 5.41) is 29.5. The number of H-pyrrole nitrogens is 1. The molecular formula is C19H13NO7. The van der Waals surface area contributed by atoms with E-state index in [9.17, 15) is 24.9 Å². The highest BCUT2D eigenvalue weighted by molar-refractivity contribution is 6.17. The van der Waals surface area contributed by atoms with E-state index in [1.165, 1.54) is 19.3 Å². The first-order chi connectivity index (χ1) is 12.9. The predicted molar refractivity (Wildman–Crippen MR) is 94.5 cm³/mol. The van der Waals surface area contributed by atoms with Gasteiger partial charge in [-0.05, 0) is 24.3 Å². The Morgan fingerprint density at radius 1 is 1.22 bits per heavy atom. The molecule has 4 N–H and O–H groups in total. The molecule has 0 atom stereocenters. The Balaban J connectivity index is 1.90. The van der Waals surface area contributed by atoms with Crippen LogP contribution in [0.3, 0.4) is 0 Å². The number of carboxylic acid groups (broad SMARTS) is 1. The van der Waals surface area contributed by atoms with E-state index in [1.54, 1.807) is 18.2 Å². The van der Waals surface area contributed by atoms with Crippen LogP contribution in [0.2, 0.25) is 0 Å². The molecule has 0 spiro atoms. The number of ketones is 1.